The molecule has 110 valence electrons. The minimum absolute atomic E-state index is 0.0387. The van der Waals surface area contributed by atoms with Crippen molar-refractivity contribution in [2.24, 2.45) is 0 Å². The summed E-state index contributed by atoms with van der Waals surface area (Å²) in [6, 6.07) is 6.57. The number of methoxy groups -OCH3 is 1. The molecule has 20 heavy (non-hydrogen) atoms. The molecular weight excluding hydrogens is 264 g/mol. The van der Waals surface area contributed by atoms with Crippen LogP contribution in [-0.2, 0) is 15.9 Å². The number of carbonyl (C=O) groups excluding carboxylic acids is 1. The molecule has 3 atom stereocenters. The molecule has 0 saturated carbocycles. The summed E-state index contributed by atoms with van der Waals surface area (Å²) in [6.07, 6.45) is -1.45. The van der Waals surface area contributed by atoms with Crippen LogP contribution in [-0.4, -0.2) is 53.0 Å². The summed E-state index contributed by atoms with van der Waals surface area (Å²) in [5.41, 5.74) is 1.18. The molecule has 1 saturated heterocycles. The van der Waals surface area contributed by atoms with Gasteiger partial charge in [-0.1, -0.05) is 12.1 Å². The predicted molar refractivity (Wildman–Crippen MR) is 69.0 cm³/mol. The summed E-state index contributed by atoms with van der Waals surface area (Å²) in [7, 11) is 1.31. The van der Waals surface area contributed by atoms with Crippen LogP contribution in [0.3, 0.4) is 0 Å². The number of rotatable bonds is 4. The van der Waals surface area contributed by atoms with E-state index in [9.17, 15) is 15.0 Å². The van der Waals surface area contributed by atoms with E-state index in [1.165, 1.54) is 7.11 Å². The number of benzene rings is 1. The number of aliphatic hydroxyl groups excluding tert-OH is 2. The van der Waals surface area contributed by atoms with Crippen molar-refractivity contribution in [3.8, 4) is 0 Å². The summed E-state index contributed by atoms with van der Waals surface area (Å²) in [5, 5.41) is 28.9. The minimum atomic E-state index is -1.50. The van der Waals surface area contributed by atoms with E-state index >= 15 is 0 Å². The first-order valence-corrected chi connectivity index (χ1v) is 6.34. The van der Waals surface area contributed by atoms with Gasteiger partial charge in [0.2, 0.25) is 0 Å². The van der Waals surface area contributed by atoms with Crippen molar-refractivity contribution in [2.45, 2.75) is 30.8 Å². The Bertz CT molecular complexity index is 471. The van der Waals surface area contributed by atoms with Crippen molar-refractivity contribution < 1.29 is 29.6 Å². The smallest absolute Gasteiger partial charge is 0.337 e. The maximum atomic E-state index is 11.3. The van der Waals surface area contributed by atoms with Crippen molar-refractivity contribution in [3.63, 3.8) is 0 Å². The van der Waals surface area contributed by atoms with Gasteiger partial charge in [-0.3, -0.25) is 0 Å². The second kappa shape index (κ2) is 5.88. The normalized spacial score (nSPS) is 29.4. The highest BCUT2D eigenvalue weighted by Crippen LogP contribution is 2.31. The van der Waals surface area contributed by atoms with Gasteiger partial charge in [-0.2, -0.15) is 0 Å². The maximum absolute atomic E-state index is 11.3. The lowest BCUT2D eigenvalue weighted by atomic mass is 10.00. The lowest BCUT2D eigenvalue weighted by molar-refractivity contribution is -0.197. The molecule has 3 N–H and O–H groups in total. The molecule has 1 aliphatic rings. The first-order valence-electron chi connectivity index (χ1n) is 6.34. The summed E-state index contributed by atoms with van der Waals surface area (Å²) < 4.78 is 9.88. The maximum Gasteiger partial charge on any atom is 0.337 e. The van der Waals surface area contributed by atoms with E-state index < -0.39 is 24.0 Å². The molecule has 1 aromatic rings. The number of carbonyl (C=O) groups is 1. The predicted octanol–water partition coefficient (Wildman–Crippen LogP) is -0.154. The Balaban J connectivity index is 2.05. The third kappa shape index (κ3) is 3.16. The van der Waals surface area contributed by atoms with Gasteiger partial charge in [-0.15, -0.1) is 0 Å². The standard InChI is InChI=1S/C14H18O6/c1-19-13(17)10-4-2-9(3-5-10)6-14(18)7-11(16)12(8-15)20-14/h2-5,11-12,15-16,18H,6-8H2,1H3/t11-,12+,14?/m0/s1. The summed E-state index contributed by atoms with van der Waals surface area (Å²) in [6.45, 7) is -0.343. The van der Waals surface area contributed by atoms with E-state index in [0.717, 1.165) is 5.56 Å². The quantitative estimate of drug-likeness (QED) is 0.664. The minimum Gasteiger partial charge on any atom is -0.465 e. The largest absolute Gasteiger partial charge is 0.465 e. The first-order chi connectivity index (χ1) is 9.47. The van der Waals surface area contributed by atoms with Gasteiger partial charge < -0.3 is 24.8 Å². The van der Waals surface area contributed by atoms with Gasteiger partial charge in [0.1, 0.15) is 6.10 Å². The molecule has 1 aromatic carbocycles. The number of esters is 1. The zero-order valence-corrected chi connectivity index (χ0v) is 11.2. The van der Waals surface area contributed by atoms with E-state index in [1.807, 2.05) is 0 Å². The Morgan fingerprint density at radius 3 is 2.60 bits per heavy atom. The van der Waals surface area contributed by atoms with Crippen molar-refractivity contribution in [1.29, 1.82) is 0 Å². The highest BCUT2D eigenvalue weighted by atomic mass is 16.6. The van der Waals surface area contributed by atoms with Gasteiger partial charge in [-0.05, 0) is 17.7 Å². The van der Waals surface area contributed by atoms with Crippen molar-refractivity contribution in [1.82, 2.24) is 0 Å². The monoisotopic (exact) mass is 282 g/mol. The number of hydrogen-bond acceptors (Lipinski definition) is 6. The van der Waals surface area contributed by atoms with Gasteiger partial charge in [0.15, 0.2) is 5.79 Å². The fourth-order valence-electron chi connectivity index (χ4n) is 2.33. The molecule has 0 radical (unpaired) electrons. The van der Waals surface area contributed by atoms with Gasteiger partial charge >= 0.3 is 5.97 Å². The number of hydrogen-bond donors (Lipinski definition) is 3. The fourth-order valence-corrected chi connectivity index (χ4v) is 2.33. The summed E-state index contributed by atoms with van der Waals surface area (Å²) >= 11 is 0. The van der Waals surface area contributed by atoms with Crippen LogP contribution >= 0.6 is 0 Å². The molecule has 0 aliphatic carbocycles. The Morgan fingerprint density at radius 2 is 2.10 bits per heavy atom. The molecule has 1 fully saturated rings. The topological polar surface area (TPSA) is 96.2 Å². The third-order valence-corrected chi connectivity index (χ3v) is 3.36. The van der Waals surface area contributed by atoms with Crippen molar-refractivity contribution in [2.75, 3.05) is 13.7 Å². The van der Waals surface area contributed by atoms with E-state index in [2.05, 4.69) is 4.74 Å². The molecular formula is C14H18O6. The van der Waals surface area contributed by atoms with Crippen LogP contribution < -0.4 is 0 Å². The summed E-state index contributed by atoms with van der Waals surface area (Å²) in [5.74, 6) is -1.93. The van der Waals surface area contributed by atoms with E-state index in [-0.39, 0.29) is 19.4 Å². The molecule has 1 heterocycles. The van der Waals surface area contributed by atoms with Crippen molar-refractivity contribution in [3.05, 3.63) is 35.4 Å². The average molecular weight is 282 g/mol. The molecule has 6 nitrogen and oxygen atoms in total. The van der Waals surface area contributed by atoms with Crippen LogP contribution in [0.1, 0.15) is 22.3 Å². The third-order valence-electron chi connectivity index (χ3n) is 3.36. The number of ether oxygens (including phenoxy) is 2. The zero-order valence-electron chi connectivity index (χ0n) is 11.2. The Hall–Kier alpha value is -1.47. The van der Waals surface area contributed by atoms with Gasteiger partial charge in [0.25, 0.3) is 0 Å². The van der Waals surface area contributed by atoms with E-state index in [1.54, 1.807) is 24.3 Å². The van der Waals surface area contributed by atoms with Crippen LogP contribution in [0.2, 0.25) is 0 Å². The Labute approximate surface area is 116 Å². The van der Waals surface area contributed by atoms with Gasteiger partial charge in [-0.25, -0.2) is 4.79 Å². The molecule has 6 heteroatoms. The fraction of sp³-hybridized carbons (Fsp3) is 0.500. The lowest BCUT2D eigenvalue weighted by Gasteiger charge is -2.22. The van der Waals surface area contributed by atoms with Crippen LogP contribution in [0.25, 0.3) is 0 Å². The Morgan fingerprint density at radius 1 is 1.45 bits per heavy atom. The molecule has 0 bridgehead atoms. The van der Waals surface area contributed by atoms with Crippen LogP contribution in [0.4, 0.5) is 0 Å². The first kappa shape index (κ1) is 14.9. The zero-order chi connectivity index (χ0) is 14.8. The summed E-state index contributed by atoms with van der Waals surface area (Å²) in [4.78, 5) is 11.3. The number of aliphatic hydroxyl groups is 3. The van der Waals surface area contributed by atoms with Gasteiger partial charge in [0.05, 0.1) is 25.4 Å². The molecule has 1 aliphatic heterocycles. The molecule has 1 unspecified atom stereocenters. The van der Waals surface area contributed by atoms with Crippen LogP contribution in [0, 0.1) is 0 Å². The second-order valence-corrected chi connectivity index (χ2v) is 4.92. The molecule has 2 rings (SSSR count). The lowest BCUT2D eigenvalue weighted by Crippen LogP contribution is -2.32. The van der Waals surface area contributed by atoms with E-state index in [4.69, 9.17) is 9.84 Å². The second-order valence-electron chi connectivity index (χ2n) is 4.92. The van der Waals surface area contributed by atoms with Crippen LogP contribution in [0.5, 0.6) is 0 Å². The highest BCUT2D eigenvalue weighted by Gasteiger charge is 2.44. The molecule has 0 amide bonds. The SMILES string of the molecule is COC(=O)c1ccc(CC2(O)C[C@H](O)[C@@H](CO)O2)cc1. The highest BCUT2D eigenvalue weighted by molar-refractivity contribution is 5.89. The Kier molecular flexibility index (Phi) is 4.39. The molecule has 0 spiro atoms. The van der Waals surface area contributed by atoms with Crippen LogP contribution in [0.15, 0.2) is 24.3 Å². The molecule has 0 aromatic heterocycles. The average Bonchev–Trinajstić information content (AvgIpc) is 2.73. The van der Waals surface area contributed by atoms with Crippen molar-refractivity contribution >= 4 is 5.97 Å². The van der Waals surface area contributed by atoms with E-state index in [0.29, 0.717) is 5.56 Å². The van der Waals surface area contributed by atoms with Gasteiger partial charge in [0, 0.05) is 12.8 Å².